The summed E-state index contributed by atoms with van der Waals surface area (Å²) in [7, 11) is 3.32. The first-order valence-corrected chi connectivity index (χ1v) is 11.6. The molecule has 3 aromatic carbocycles. The van der Waals surface area contributed by atoms with Crippen LogP contribution in [-0.2, 0) is 11.2 Å². The summed E-state index contributed by atoms with van der Waals surface area (Å²) < 4.78 is 11.0. The Labute approximate surface area is 192 Å². The fourth-order valence-electron chi connectivity index (χ4n) is 4.63. The van der Waals surface area contributed by atoms with Crippen molar-refractivity contribution in [3.8, 4) is 11.5 Å². The highest BCUT2D eigenvalue weighted by molar-refractivity contribution is 7.99. The molecule has 0 radical (unpaired) electrons. The number of benzene rings is 3. The molecular weight excluding hydrogens is 420 g/mol. The van der Waals surface area contributed by atoms with Gasteiger partial charge in [0.2, 0.25) is 5.91 Å². The average molecular weight is 447 g/mol. The molecule has 164 valence electrons. The lowest BCUT2D eigenvalue weighted by atomic mass is 9.92. The number of fused-ring (bicyclic) bond motifs is 3. The van der Waals surface area contributed by atoms with Crippen LogP contribution >= 0.6 is 11.8 Å². The maximum Gasteiger partial charge on any atom is 0.245 e. The molecule has 2 aliphatic rings. The molecule has 0 saturated carbocycles. The number of carbonyl (C=O) groups is 1. The van der Waals surface area contributed by atoms with Gasteiger partial charge in [0.15, 0.2) is 11.5 Å². The van der Waals surface area contributed by atoms with Gasteiger partial charge in [0.1, 0.15) is 0 Å². The summed E-state index contributed by atoms with van der Waals surface area (Å²) in [5.74, 6) is 1.56. The Hall–Kier alpha value is -2.96. The minimum absolute atomic E-state index is 0.0842. The lowest BCUT2D eigenvalue weighted by molar-refractivity contribution is -0.119. The van der Waals surface area contributed by atoms with Crippen molar-refractivity contribution in [1.29, 1.82) is 0 Å². The first-order valence-electron chi connectivity index (χ1n) is 10.8. The number of ether oxygens (including phenoxy) is 2. The molecule has 1 atom stereocenters. The van der Waals surface area contributed by atoms with Gasteiger partial charge in [-0.25, -0.2) is 0 Å². The van der Waals surface area contributed by atoms with Crippen molar-refractivity contribution in [2.24, 2.45) is 0 Å². The topological polar surface area (TPSA) is 42.0 Å². The SMILES string of the molecule is COc1cc2c(cc1OC)C(C)N(CC(=O)N1c3ccccc3Sc3ccccc31)CC2. The molecule has 5 nitrogen and oxygen atoms in total. The Balaban J connectivity index is 1.44. The number of amides is 1. The molecule has 0 spiro atoms. The number of nitrogens with zero attached hydrogens (tertiary/aromatic N) is 2. The van der Waals surface area contributed by atoms with Crippen LogP contribution in [0.3, 0.4) is 0 Å². The average Bonchev–Trinajstić information content (AvgIpc) is 2.83. The number of methoxy groups -OCH3 is 2. The molecule has 0 aromatic heterocycles. The number of para-hydroxylation sites is 2. The van der Waals surface area contributed by atoms with E-state index in [0.29, 0.717) is 6.54 Å². The zero-order chi connectivity index (χ0) is 22.2. The van der Waals surface area contributed by atoms with E-state index in [4.69, 9.17) is 9.47 Å². The number of carbonyl (C=O) groups excluding carboxylic acids is 1. The molecule has 0 fully saturated rings. The Bertz CT molecular complexity index is 1130. The zero-order valence-electron chi connectivity index (χ0n) is 18.5. The molecule has 5 rings (SSSR count). The molecule has 1 amide bonds. The van der Waals surface area contributed by atoms with Gasteiger partial charge in [-0.3, -0.25) is 14.6 Å². The van der Waals surface area contributed by atoms with Crippen molar-refractivity contribution in [3.05, 3.63) is 71.8 Å². The predicted molar refractivity (Wildman–Crippen MR) is 127 cm³/mol. The summed E-state index contributed by atoms with van der Waals surface area (Å²) in [6.07, 6.45) is 0.871. The Morgan fingerprint density at radius 1 is 0.969 bits per heavy atom. The third-order valence-electron chi connectivity index (χ3n) is 6.33. The van der Waals surface area contributed by atoms with E-state index in [-0.39, 0.29) is 11.9 Å². The predicted octanol–water partition coefficient (Wildman–Crippen LogP) is 5.45. The van der Waals surface area contributed by atoms with Crippen LogP contribution in [0.15, 0.2) is 70.5 Å². The van der Waals surface area contributed by atoms with Crippen LogP contribution in [0.25, 0.3) is 0 Å². The molecule has 3 aromatic rings. The molecule has 0 N–H and O–H groups in total. The number of hydrogen-bond acceptors (Lipinski definition) is 5. The van der Waals surface area contributed by atoms with Crippen molar-refractivity contribution in [2.75, 3.05) is 32.2 Å². The van der Waals surface area contributed by atoms with Gasteiger partial charge < -0.3 is 9.47 Å². The van der Waals surface area contributed by atoms with Crippen LogP contribution in [0, 0.1) is 0 Å². The molecule has 0 bridgehead atoms. The standard InChI is InChI=1S/C26H26N2O3S/c1-17-19-15-23(31-3)22(30-2)14-18(19)12-13-27(17)16-26(29)28-20-8-4-6-10-24(20)32-25-11-7-5-9-21(25)28/h4-11,14-15,17H,12-13,16H2,1-3H3. The maximum atomic E-state index is 13.7. The molecule has 2 aliphatic heterocycles. The maximum absolute atomic E-state index is 13.7. The smallest absolute Gasteiger partial charge is 0.245 e. The van der Waals surface area contributed by atoms with Crippen LogP contribution in [0.2, 0.25) is 0 Å². The van der Waals surface area contributed by atoms with E-state index < -0.39 is 0 Å². The molecule has 32 heavy (non-hydrogen) atoms. The van der Waals surface area contributed by atoms with E-state index in [0.717, 1.165) is 45.6 Å². The summed E-state index contributed by atoms with van der Waals surface area (Å²) in [4.78, 5) is 20.1. The first kappa shape index (κ1) is 20.9. The second-order valence-corrected chi connectivity index (χ2v) is 9.15. The minimum atomic E-state index is 0.0842. The summed E-state index contributed by atoms with van der Waals surface area (Å²) >= 11 is 1.72. The highest BCUT2D eigenvalue weighted by Gasteiger charge is 2.32. The molecule has 0 aliphatic carbocycles. The highest BCUT2D eigenvalue weighted by atomic mass is 32.2. The van der Waals surface area contributed by atoms with Crippen molar-refractivity contribution in [1.82, 2.24) is 4.90 Å². The summed E-state index contributed by atoms with van der Waals surface area (Å²) in [5.41, 5.74) is 4.36. The van der Waals surface area contributed by atoms with Crippen LogP contribution < -0.4 is 14.4 Å². The number of anilines is 2. The molecule has 0 saturated heterocycles. The van der Waals surface area contributed by atoms with Crippen LogP contribution in [-0.4, -0.2) is 38.1 Å². The number of hydrogen-bond donors (Lipinski definition) is 0. The summed E-state index contributed by atoms with van der Waals surface area (Å²) in [6, 6.07) is 20.5. The Kier molecular flexibility index (Phi) is 5.57. The lowest BCUT2D eigenvalue weighted by Gasteiger charge is -2.37. The highest BCUT2D eigenvalue weighted by Crippen LogP contribution is 2.48. The number of rotatable bonds is 4. The van der Waals surface area contributed by atoms with E-state index in [1.54, 1.807) is 26.0 Å². The minimum Gasteiger partial charge on any atom is -0.493 e. The van der Waals surface area contributed by atoms with Gasteiger partial charge >= 0.3 is 0 Å². The van der Waals surface area contributed by atoms with Crippen LogP contribution in [0.4, 0.5) is 11.4 Å². The third-order valence-corrected chi connectivity index (χ3v) is 7.46. The molecule has 1 unspecified atom stereocenters. The van der Waals surface area contributed by atoms with Gasteiger partial charge in [0.25, 0.3) is 0 Å². The van der Waals surface area contributed by atoms with Gasteiger partial charge in [-0.1, -0.05) is 36.0 Å². The second kappa shape index (κ2) is 8.52. The second-order valence-electron chi connectivity index (χ2n) is 8.07. The molecular formula is C26H26N2O3S. The van der Waals surface area contributed by atoms with Crippen molar-refractivity contribution in [2.45, 2.75) is 29.2 Å². The normalized spacial score (nSPS) is 17.2. The lowest BCUT2D eigenvalue weighted by Crippen LogP contribution is -2.43. The largest absolute Gasteiger partial charge is 0.493 e. The van der Waals surface area contributed by atoms with Crippen LogP contribution in [0.1, 0.15) is 24.1 Å². The van der Waals surface area contributed by atoms with Gasteiger partial charge in [-0.05, 0) is 60.9 Å². The Morgan fingerprint density at radius 2 is 1.56 bits per heavy atom. The van der Waals surface area contributed by atoms with E-state index in [2.05, 4.69) is 36.1 Å². The van der Waals surface area contributed by atoms with Gasteiger partial charge in [-0.15, -0.1) is 0 Å². The summed E-state index contributed by atoms with van der Waals surface area (Å²) in [5, 5.41) is 0. The van der Waals surface area contributed by atoms with E-state index in [9.17, 15) is 4.79 Å². The molecule has 2 heterocycles. The van der Waals surface area contributed by atoms with Gasteiger partial charge in [-0.2, -0.15) is 0 Å². The molecule has 6 heteroatoms. The van der Waals surface area contributed by atoms with Gasteiger partial charge in [0, 0.05) is 22.4 Å². The zero-order valence-corrected chi connectivity index (χ0v) is 19.3. The fourth-order valence-corrected chi connectivity index (χ4v) is 5.69. The van der Waals surface area contributed by atoms with Crippen molar-refractivity contribution >= 4 is 29.0 Å². The quantitative estimate of drug-likeness (QED) is 0.533. The van der Waals surface area contributed by atoms with Gasteiger partial charge in [0.05, 0.1) is 32.1 Å². The third kappa shape index (κ3) is 3.53. The summed E-state index contributed by atoms with van der Waals surface area (Å²) in [6.45, 7) is 3.33. The van der Waals surface area contributed by atoms with Crippen molar-refractivity contribution < 1.29 is 14.3 Å². The monoisotopic (exact) mass is 446 g/mol. The van der Waals surface area contributed by atoms with Crippen LogP contribution in [0.5, 0.6) is 11.5 Å². The van der Waals surface area contributed by atoms with E-state index >= 15 is 0 Å². The van der Waals surface area contributed by atoms with E-state index in [1.165, 1.54) is 11.1 Å². The van der Waals surface area contributed by atoms with E-state index in [1.807, 2.05) is 41.3 Å². The van der Waals surface area contributed by atoms with Crippen molar-refractivity contribution in [3.63, 3.8) is 0 Å². The first-order chi connectivity index (χ1) is 15.6. The fraction of sp³-hybridized carbons (Fsp3) is 0.269. The Morgan fingerprint density at radius 3 is 2.19 bits per heavy atom.